The van der Waals surface area contributed by atoms with E-state index in [4.69, 9.17) is 16.0 Å². The molecule has 1 N–H and O–H groups in total. The fourth-order valence-corrected chi connectivity index (χ4v) is 4.11. The molecule has 1 amide bonds. The van der Waals surface area contributed by atoms with Gasteiger partial charge < -0.3 is 14.6 Å². The number of pyridine rings is 1. The number of carbonyl (C=O) groups excluding carboxylic acids is 1. The van der Waals surface area contributed by atoms with Crippen LogP contribution < -0.4 is 5.32 Å². The predicted molar refractivity (Wildman–Crippen MR) is 106 cm³/mol. The van der Waals surface area contributed by atoms with Crippen LogP contribution in [0.25, 0.3) is 10.9 Å². The molecule has 1 aliphatic rings. The highest BCUT2D eigenvalue weighted by atomic mass is 79.9. The van der Waals surface area contributed by atoms with Gasteiger partial charge in [0, 0.05) is 29.0 Å². The van der Waals surface area contributed by atoms with Crippen molar-refractivity contribution in [2.75, 3.05) is 18.4 Å². The second-order valence-electron chi connectivity index (χ2n) is 6.34. The maximum Gasteiger partial charge on any atom is 0.289 e. The summed E-state index contributed by atoms with van der Waals surface area (Å²) in [6.07, 6.45) is 3.25. The first-order valence-corrected chi connectivity index (χ1v) is 9.62. The molecule has 0 aliphatic carbocycles. The van der Waals surface area contributed by atoms with Crippen molar-refractivity contribution in [3.63, 3.8) is 0 Å². The molecular formula is C19H17BrClN3O2. The summed E-state index contributed by atoms with van der Waals surface area (Å²) in [5.41, 5.74) is 0.783. The summed E-state index contributed by atoms with van der Waals surface area (Å²) in [5.74, 6) is 1.15. The van der Waals surface area contributed by atoms with Crippen LogP contribution in [-0.2, 0) is 0 Å². The fraction of sp³-hybridized carbons (Fsp3) is 0.263. The fourth-order valence-electron chi connectivity index (χ4n) is 3.23. The molecule has 0 bridgehead atoms. The summed E-state index contributed by atoms with van der Waals surface area (Å²) in [4.78, 5) is 18.8. The number of aromatic nitrogens is 1. The zero-order valence-corrected chi connectivity index (χ0v) is 16.3. The second-order valence-corrected chi connectivity index (χ2v) is 7.67. The first-order chi connectivity index (χ1) is 12.6. The Morgan fingerprint density at radius 3 is 2.81 bits per heavy atom. The molecule has 0 saturated carbocycles. The maximum absolute atomic E-state index is 12.3. The van der Waals surface area contributed by atoms with Crippen LogP contribution in [0.15, 0.2) is 51.6 Å². The van der Waals surface area contributed by atoms with Crippen molar-refractivity contribution in [3.05, 3.63) is 57.9 Å². The van der Waals surface area contributed by atoms with E-state index in [-0.39, 0.29) is 11.9 Å². The summed E-state index contributed by atoms with van der Waals surface area (Å²) in [6, 6.07) is 11.5. The number of fused-ring (bicyclic) bond motifs is 1. The summed E-state index contributed by atoms with van der Waals surface area (Å²) in [7, 11) is 0. The lowest BCUT2D eigenvalue weighted by Gasteiger charge is -2.32. The van der Waals surface area contributed by atoms with Gasteiger partial charge in [-0.25, -0.2) is 4.98 Å². The number of nitrogens with one attached hydrogen (secondary N) is 1. The number of furan rings is 1. The minimum absolute atomic E-state index is 0.0466. The molecule has 1 aliphatic heterocycles. The van der Waals surface area contributed by atoms with Crippen LogP contribution in [0.1, 0.15) is 23.4 Å². The number of likely N-dealkylation sites (tertiary alicyclic amines) is 1. The van der Waals surface area contributed by atoms with Gasteiger partial charge in [0.05, 0.1) is 16.8 Å². The van der Waals surface area contributed by atoms with E-state index in [1.165, 1.54) is 6.26 Å². The maximum atomic E-state index is 12.3. The zero-order valence-electron chi connectivity index (χ0n) is 13.9. The smallest absolute Gasteiger partial charge is 0.289 e. The predicted octanol–water partition coefficient (Wildman–Crippen LogP) is 4.96. The molecule has 26 heavy (non-hydrogen) atoms. The SMILES string of the molecule is O=C(c1ccco1)N1CCC(Nc2ccc3cc(Br)cc(Cl)c3n2)CC1. The van der Waals surface area contributed by atoms with Crippen LogP contribution in [-0.4, -0.2) is 34.9 Å². The van der Waals surface area contributed by atoms with Crippen LogP contribution in [0.3, 0.4) is 0 Å². The number of benzene rings is 1. The second kappa shape index (κ2) is 7.29. The van der Waals surface area contributed by atoms with Crippen LogP contribution in [0.4, 0.5) is 5.82 Å². The minimum Gasteiger partial charge on any atom is -0.459 e. The van der Waals surface area contributed by atoms with E-state index in [1.807, 2.05) is 29.2 Å². The Morgan fingerprint density at radius 2 is 2.08 bits per heavy atom. The third kappa shape index (κ3) is 3.57. The number of rotatable bonds is 3. The molecule has 3 aromatic rings. The quantitative estimate of drug-likeness (QED) is 0.633. The Balaban J connectivity index is 1.41. The summed E-state index contributed by atoms with van der Waals surface area (Å²) < 4.78 is 6.14. The number of piperidine rings is 1. The van der Waals surface area contributed by atoms with Crippen molar-refractivity contribution in [3.8, 4) is 0 Å². The molecule has 1 aromatic carbocycles. The molecule has 0 unspecified atom stereocenters. The largest absolute Gasteiger partial charge is 0.459 e. The van der Waals surface area contributed by atoms with Gasteiger partial charge in [0.15, 0.2) is 5.76 Å². The van der Waals surface area contributed by atoms with Gasteiger partial charge in [0.2, 0.25) is 0 Å². The van der Waals surface area contributed by atoms with Crippen LogP contribution in [0.5, 0.6) is 0 Å². The summed E-state index contributed by atoms with van der Waals surface area (Å²) in [5, 5.41) is 5.08. The first-order valence-electron chi connectivity index (χ1n) is 8.45. The van der Waals surface area contributed by atoms with Gasteiger partial charge in [-0.05, 0) is 49.2 Å². The number of anilines is 1. The van der Waals surface area contributed by atoms with Gasteiger partial charge in [-0.2, -0.15) is 0 Å². The lowest BCUT2D eigenvalue weighted by molar-refractivity contribution is 0.0686. The molecule has 134 valence electrons. The number of halogens is 2. The Kier molecular flexibility index (Phi) is 4.87. The number of hydrogen-bond donors (Lipinski definition) is 1. The van der Waals surface area contributed by atoms with E-state index in [0.717, 1.165) is 34.0 Å². The molecule has 0 spiro atoms. The molecule has 1 fully saturated rings. The lowest BCUT2D eigenvalue weighted by atomic mass is 10.0. The Labute approximate surface area is 164 Å². The molecule has 5 nitrogen and oxygen atoms in total. The van der Waals surface area contributed by atoms with Gasteiger partial charge in [0.25, 0.3) is 5.91 Å². The third-order valence-corrected chi connectivity index (χ3v) is 5.32. The molecule has 7 heteroatoms. The highest BCUT2D eigenvalue weighted by Crippen LogP contribution is 2.28. The number of hydrogen-bond acceptors (Lipinski definition) is 4. The Hall–Kier alpha value is -2.05. The Bertz CT molecular complexity index is 937. The van der Waals surface area contributed by atoms with Crippen molar-refractivity contribution < 1.29 is 9.21 Å². The van der Waals surface area contributed by atoms with E-state index in [2.05, 4.69) is 26.2 Å². The van der Waals surface area contributed by atoms with Crippen molar-refractivity contribution >= 4 is 50.2 Å². The van der Waals surface area contributed by atoms with Crippen molar-refractivity contribution in [2.45, 2.75) is 18.9 Å². The van der Waals surface area contributed by atoms with Crippen LogP contribution >= 0.6 is 27.5 Å². The van der Waals surface area contributed by atoms with E-state index in [1.54, 1.807) is 12.1 Å². The molecule has 0 radical (unpaired) electrons. The molecule has 4 rings (SSSR count). The average Bonchev–Trinajstić information content (AvgIpc) is 3.17. The lowest BCUT2D eigenvalue weighted by Crippen LogP contribution is -2.42. The van der Waals surface area contributed by atoms with Crippen LogP contribution in [0.2, 0.25) is 5.02 Å². The van der Waals surface area contributed by atoms with Crippen molar-refractivity contribution in [2.24, 2.45) is 0 Å². The van der Waals surface area contributed by atoms with Gasteiger partial charge in [-0.1, -0.05) is 27.5 Å². The zero-order chi connectivity index (χ0) is 18.1. The van der Waals surface area contributed by atoms with E-state index in [0.29, 0.717) is 23.9 Å². The Morgan fingerprint density at radius 1 is 1.27 bits per heavy atom. The molecule has 0 atom stereocenters. The monoisotopic (exact) mass is 433 g/mol. The van der Waals surface area contributed by atoms with E-state index in [9.17, 15) is 4.79 Å². The van der Waals surface area contributed by atoms with Gasteiger partial charge in [-0.3, -0.25) is 4.79 Å². The summed E-state index contributed by atoms with van der Waals surface area (Å²) >= 11 is 9.75. The third-order valence-electron chi connectivity index (χ3n) is 4.58. The number of carbonyl (C=O) groups is 1. The number of amides is 1. The van der Waals surface area contributed by atoms with Crippen molar-refractivity contribution in [1.82, 2.24) is 9.88 Å². The summed E-state index contributed by atoms with van der Waals surface area (Å²) in [6.45, 7) is 1.39. The highest BCUT2D eigenvalue weighted by molar-refractivity contribution is 9.10. The van der Waals surface area contributed by atoms with Crippen molar-refractivity contribution in [1.29, 1.82) is 0 Å². The topological polar surface area (TPSA) is 58.4 Å². The van der Waals surface area contributed by atoms with E-state index < -0.39 is 0 Å². The van der Waals surface area contributed by atoms with Gasteiger partial charge >= 0.3 is 0 Å². The minimum atomic E-state index is -0.0466. The highest BCUT2D eigenvalue weighted by Gasteiger charge is 2.25. The molecule has 3 heterocycles. The normalized spacial score (nSPS) is 15.4. The number of nitrogens with zero attached hydrogens (tertiary/aromatic N) is 2. The average molecular weight is 435 g/mol. The first kappa shape index (κ1) is 17.4. The van der Waals surface area contributed by atoms with Gasteiger partial charge in [0.1, 0.15) is 5.82 Å². The standard InChI is InChI=1S/C19H17BrClN3O2/c20-13-10-12-3-4-17(23-18(12)15(21)11-13)22-14-5-7-24(8-6-14)19(25)16-2-1-9-26-16/h1-4,9-11,14H,5-8H2,(H,22,23). The molecule has 1 saturated heterocycles. The molecule has 2 aromatic heterocycles. The van der Waals surface area contributed by atoms with E-state index >= 15 is 0 Å². The van der Waals surface area contributed by atoms with Crippen LogP contribution in [0, 0.1) is 0 Å². The van der Waals surface area contributed by atoms with Gasteiger partial charge in [-0.15, -0.1) is 0 Å². The molecular weight excluding hydrogens is 418 g/mol.